The lowest BCUT2D eigenvalue weighted by Crippen LogP contribution is -2.20. The highest BCUT2D eigenvalue weighted by atomic mass is 79.9. The predicted octanol–water partition coefficient (Wildman–Crippen LogP) is 2.58. The highest BCUT2D eigenvalue weighted by Gasteiger charge is 2.09. The first-order valence-corrected chi connectivity index (χ1v) is 7.62. The third-order valence-electron chi connectivity index (χ3n) is 3.01. The van der Waals surface area contributed by atoms with Crippen LogP contribution >= 0.6 is 15.9 Å². The summed E-state index contributed by atoms with van der Waals surface area (Å²) in [6, 6.07) is 11.3. The van der Waals surface area contributed by atoms with E-state index < -0.39 is 11.7 Å². The third-order valence-corrected chi connectivity index (χ3v) is 3.50. The lowest BCUT2D eigenvalue weighted by atomic mass is 10.3. The van der Waals surface area contributed by atoms with Crippen LogP contribution in [0.25, 0.3) is 5.69 Å². The van der Waals surface area contributed by atoms with Gasteiger partial charge in [0.1, 0.15) is 17.9 Å². The molecule has 2 aromatic carbocycles. The molecule has 1 N–H and O–H groups in total. The number of carbonyl (C=O) groups excluding carboxylic acids is 1. The fourth-order valence-electron chi connectivity index (χ4n) is 1.92. The fourth-order valence-corrected chi connectivity index (χ4v) is 2.25. The number of amides is 1. The van der Waals surface area contributed by atoms with Gasteiger partial charge in [0.25, 0.3) is 5.91 Å². The lowest BCUT2D eigenvalue weighted by Gasteiger charge is -2.09. The van der Waals surface area contributed by atoms with Crippen LogP contribution in [0.1, 0.15) is 0 Å². The molecule has 0 atom stereocenters. The zero-order valence-electron chi connectivity index (χ0n) is 12.2. The van der Waals surface area contributed by atoms with Crippen molar-refractivity contribution in [3.63, 3.8) is 0 Å². The average molecular weight is 392 g/mol. The molecule has 0 aliphatic rings. The molecule has 3 rings (SSSR count). The number of halogens is 2. The van der Waals surface area contributed by atoms with Crippen LogP contribution in [0, 0.1) is 5.82 Å². The van der Waals surface area contributed by atoms with Gasteiger partial charge in [-0.1, -0.05) is 22.0 Å². The number of carbonyl (C=O) groups is 1. The highest BCUT2D eigenvalue weighted by molar-refractivity contribution is 9.10. The Morgan fingerprint density at radius 2 is 2.17 bits per heavy atom. The first-order valence-electron chi connectivity index (χ1n) is 6.83. The summed E-state index contributed by atoms with van der Waals surface area (Å²) in [7, 11) is 0. The van der Waals surface area contributed by atoms with Gasteiger partial charge >= 0.3 is 0 Å². The zero-order valence-corrected chi connectivity index (χ0v) is 13.8. The number of hydrogen-bond donors (Lipinski definition) is 1. The molecule has 0 bridgehead atoms. The van der Waals surface area contributed by atoms with Crippen LogP contribution in [-0.4, -0.2) is 32.7 Å². The smallest absolute Gasteiger partial charge is 0.262 e. The highest BCUT2D eigenvalue weighted by Crippen LogP contribution is 2.19. The molecule has 1 amide bonds. The predicted molar refractivity (Wildman–Crippen MR) is 87.4 cm³/mol. The van der Waals surface area contributed by atoms with Crippen molar-refractivity contribution in [2.75, 3.05) is 11.9 Å². The molecule has 0 saturated heterocycles. The summed E-state index contributed by atoms with van der Waals surface area (Å²) >= 11 is 3.15. The second-order valence-electron chi connectivity index (χ2n) is 4.71. The molecule has 3 aromatic rings. The number of ether oxygens (including phenoxy) is 1. The molecule has 0 fully saturated rings. The van der Waals surface area contributed by atoms with Crippen molar-refractivity contribution in [1.29, 1.82) is 0 Å². The number of rotatable bonds is 5. The van der Waals surface area contributed by atoms with Crippen molar-refractivity contribution < 1.29 is 13.9 Å². The largest absolute Gasteiger partial charge is 0.484 e. The molecular weight excluding hydrogens is 381 g/mol. The number of benzene rings is 2. The molecule has 9 heteroatoms. The van der Waals surface area contributed by atoms with Crippen LogP contribution in [0.2, 0.25) is 0 Å². The molecule has 1 heterocycles. The van der Waals surface area contributed by atoms with Gasteiger partial charge in [0, 0.05) is 10.5 Å². The van der Waals surface area contributed by atoms with E-state index in [4.69, 9.17) is 4.74 Å². The van der Waals surface area contributed by atoms with E-state index in [9.17, 15) is 9.18 Å². The van der Waals surface area contributed by atoms with Crippen molar-refractivity contribution in [3.8, 4) is 11.4 Å². The van der Waals surface area contributed by atoms with Gasteiger partial charge in [-0.25, -0.2) is 9.07 Å². The SMILES string of the molecule is O=C(COc1cccc(-n2cnnn2)c1)Nc1ccc(Br)cc1F. The number of anilines is 1. The molecule has 24 heavy (non-hydrogen) atoms. The minimum atomic E-state index is -0.529. The maximum absolute atomic E-state index is 13.7. The van der Waals surface area contributed by atoms with Gasteiger partial charge in [0.05, 0.1) is 11.4 Å². The molecule has 0 aliphatic carbocycles. The van der Waals surface area contributed by atoms with Gasteiger partial charge < -0.3 is 10.1 Å². The van der Waals surface area contributed by atoms with Crippen molar-refractivity contribution in [2.45, 2.75) is 0 Å². The maximum Gasteiger partial charge on any atom is 0.262 e. The third kappa shape index (κ3) is 3.93. The molecule has 1 aromatic heterocycles. The van der Waals surface area contributed by atoms with Crippen molar-refractivity contribution >= 4 is 27.5 Å². The minimum Gasteiger partial charge on any atom is -0.484 e. The number of nitrogens with one attached hydrogen (secondary N) is 1. The molecule has 0 spiro atoms. The van der Waals surface area contributed by atoms with Crippen LogP contribution in [0.4, 0.5) is 10.1 Å². The summed E-state index contributed by atoms with van der Waals surface area (Å²) in [5, 5.41) is 13.3. The Morgan fingerprint density at radius 3 is 2.92 bits per heavy atom. The Morgan fingerprint density at radius 1 is 1.29 bits per heavy atom. The second-order valence-corrected chi connectivity index (χ2v) is 5.63. The van der Waals surface area contributed by atoms with Gasteiger partial charge in [-0.2, -0.15) is 0 Å². The fraction of sp³-hybridized carbons (Fsp3) is 0.0667. The summed E-state index contributed by atoms with van der Waals surface area (Å²) in [5.74, 6) is -0.531. The summed E-state index contributed by atoms with van der Waals surface area (Å²) in [6.45, 7) is -0.255. The van der Waals surface area contributed by atoms with Crippen molar-refractivity contribution in [1.82, 2.24) is 20.2 Å². The maximum atomic E-state index is 13.7. The second kappa shape index (κ2) is 7.18. The van der Waals surface area contributed by atoms with E-state index in [1.165, 1.54) is 23.1 Å². The quantitative estimate of drug-likeness (QED) is 0.722. The molecule has 7 nitrogen and oxygen atoms in total. The van der Waals surface area contributed by atoms with Crippen LogP contribution in [0.15, 0.2) is 53.3 Å². The van der Waals surface area contributed by atoms with Crippen LogP contribution in [0.5, 0.6) is 5.75 Å². The van der Waals surface area contributed by atoms with Gasteiger partial charge in [0.15, 0.2) is 6.61 Å². The molecule has 122 valence electrons. The zero-order chi connectivity index (χ0) is 16.9. The van der Waals surface area contributed by atoms with Gasteiger partial charge in [-0.15, -0.1) is 5.10 Å². The summed E-state index contributed by atoms with van der Waals surface area (Å²) in [4.78, 5) is 11.9. The van der Waals surface area contributed by atoms with E-state index in [2.05, 4.69) is 36.8 Å². The Kier molecular flexibility index (Phi) is 4.80. The van der Waals surface area contributed by atoms with Crippen LogP contribution < -0.4 is 10.1 Å². The Labute approximate surface area is 144 Å². The van der Waals surface area contributed by atoms with Gasteiger partial charge in [-0.3, -0.25) is 4.79 Å². The van der Waals surface area contributed by atoms with E-state index in [-0.39, 0.29) is 12.3 Å². The number of tetrazole rings is 1. The van der Waals surface area contributed by atoms with E-state index >= 15 is 0 Å². The van der Waals surface area contributed by atoms with E-state index in [1.807, 2.05) is 0 Å². The summed E-state index contributed by atoms with van der Waals surface area (Å²) in [5.41, 5.74) is 0.783. The Bertz CT molecular complexity index is 857. The van der Waals surface area contributed by atoms with E-state index in [0.717, 1.165) is 0 Å². The van der Waals surface area contributed by atoms with Gasteiger partial charge in [-0.05, 0) is 40.8 Å². The summed E-state index contributed by atoms with van der Waals surface area (Å²) in [6.07, 6.45) is 1.45. The number of hydrogen-bond acceptors (Lipinski definition) is 5. The molecular formula is C15H11BrFN5O2. The van der Waals surface area contributed by atoms with Crippen molar-refractivity contribution in [2.24, 2.45) is 0 Å². The lowest BCUT2D eigenvalue weighted by molar-refractivity contribution is -0.118. The molecule has 0 radical (unpaired) electrons. The number of nitrogens with zero attached hydrogens (tertiary/aromatic N) is 4. The number of aromatic nitrogens is 4. The van der Waals surface area contributed by atoms with E-state index in [1.54, 1.807) is 30.3 Å². The minimum absolute atomic E-state index is 0.0919. The first kappa shape index (κ1) is 16.1. The van der Waals surface area contributed by atoms with E-state index in [0.29, 0.717) is 15.9 Å². The molecule has 0 unspecified atom stereocenters. The van der Waals surface area contributed by atoms with Gasteiger partial charge in [0.2, 0.25) is 0 Å². The molecule has 0 saturated carbocycles. The Hall–Kier alpha value is -2.81. The van der Waals surface area contributed by atoms with Crippen molar-refractivity contribution in [3.05, 3.63) is 59.1 Å². The standard InChI is InChI=1S/C15H11BrFN5O2/c16-10-4-5-14(13(17)6-10)19-15(23)8-24-12-3-1-2-11(7-12)22-9-18-20-21-22/h1-7,9H,8H2,(H,19,23). The summed E-state index contributed by atoms with van der Waals surface area (Å²) < 4.78 is 21.1. The monoisotopic (exact) mass is 391 g/mol. The van der Waals surface area contributed by atoms with Crippen LogP contribution in [0.3, 0.4) is 0 Å². The average Bonchev–Trinajstić information content (AvgIpc) is 3.10. The first-order chi connectivity index (χ1) is 11.6. The van der Waals surface area contributed by atoms with Crippen LogP contribution in [-0.2, 0) is 4.79 Å². The Balaban J connectivity index is 1.61. The molecule has 0 aliphatic heterocycles. The topological polar surface area (TPSA) is 81.9 Å². The normalized spacial score (nSPS) is 10.4.